The normalized spacial score (nSPS) is 14.5. The van der Waals surface area contributed by atoms with Crippen LogP contribution < -0.4 is 5.32 Å². The number of ether oxygens (including phenoxy) is 2. The van der Waals surface area contributed by atoms with Gasteiger partial charge in [0, 0.05) is 46.1 Å². The summed E-state index contributed by atoms with van der Waals surface area (Å²) in [5.74, 6) is 0.630. The number of aromatic nitrogens is 2. The number of hydrogen-bond acceptors (Lipinski definition) is 6. The van der Waals surface area contributed by atoms with Gasteiger partial charge >= 0.3 is 0 Å². The predicted octanol–water partition coefficient (Wildman–Crippen LogP) is 6.34. The molecule has 0 atom stereocenters. The Balaban J connectivity index is 1.42. The monoisotopic (exact) mass is 450 g/mol. The van der Waals surface area contributed by atoms with Gasteiger partial charge in [-0.3, -0.25) is 4.98 Å². The highest BCUT2D eigenvalue weighted by molar-refractivity contribution is 5.92. The number of aromatic amines is 1. The van der Waals surface area contributed by atoms with Gasteiger partial charge in [-0.15, -0.1) is 0 Å². The molecule has 7 nitrogen and oxygen atoms in total. The highest BCUT2D eigenvalue weighted by Crippen LogP contribution is 2.38. The third-order valence-corrected chi connectivity index (χ3v) is 6.23. The number of hydrogen-bond donors (Lipinski definition) is 2. The standard InChI is InChI=1S/C27H22N4O3/c1-16-20-7-8-30-23(20)5-4-22(16)31-26-19(13-28)14-29-15-21(26)25-12-18-11-17(3-6-24(18)34-25)27-32-9-2-10-33-27/h3-8,11-12,14-15,27,30H,2,9-10H2,1H3,(H,29,31). The lowest BCUT2D eigenvalue weighted by molar-refractivity contribution is -0.182. The molecular formula is C27H22N4O3. The summed E-state index contributed by atoms with van der Waals surface area (Å²) in [5.41, 5.74) is 6.59. The molecule has 0 amide bonds. The van der Waals surface area contributed by atoms with E-state index in [2.05, 4.69) is 28.3 Å². The minimum Gasteiger partial charge on any atom is -0.456 e. The summed E-state index contributed by atoms with van der Waals surface area (Å²) in [4.78, 5) is 7.52. The molecule has 2 aromatic carbocycles. The number of rotatable bonds is 4. The summed E-state index contributed by atoms with van der Waals surface area (Å²) in [7, 11) is 0. The number of benzene rings is 2. The fraction of sp³-hybridized carbons (Fsp3) is 0.185. The largest absolute Gasteiger partial charge is 0.456 e. The average molecular weight is 450 g/mol. The summed E-state index contributed by atoms with van der Waals surface area (Å²) in [6, 6.07) is 16.2. The summed E-state index contributed by atoms with van der Waals surface area (Å²) in [6.07, 6.45) is 5.76. The van der Waals surface area contributed by atoms with Gasteiger partial charge in [-0.05, 0) is 55.3 Å². The highest BCUT2D eigenvalue weighted by Gasteiger charge is 2.20. The number of pyridine rings is 1. The maximum Gasteiger partial charge on any atom is 0.183 e. The lowest BCUT2D eigenvalue weighted by Crippen LogP contribution is -2.17. The van der Waals surface area contributed by atoms with Gasteiger partial charge in [0.2, 0.25) is 0 Å². The molecular weight excluding hydrogens is 428 g/mol. The summed E-state index contributed by atoms with van der Waals surface area (Å²) in [6.45, 7) is 3.44. The van der Waals surface area contributed by atoms with Crippen LogP contribution in [0.4, 0.5) is 11.4 Å². The second kappa shape index (κ2) is 8.34. The van der Waals surface area contributed by atoms with Crippen molar-refractivity contribution in [3.05, 3.63) is 77.7 Å². The van der Waals surface area contributed by atoms with Gasteiger partial charge in [-0.25, -0.2) is 0 Å². The highest BCUT2D eigenvalue weighted by atomic mass is 16.7. The van der Waals surface area contributed by atoms with E-state index in [9.17, 15) is 5.26 Å². The smallest absolute Gasteiger partial charge is 0.183 e. The Morgan fingerprint density at radius 3 is 2.82 bits per heavy atom. The average Bonchev–Trinajstić information content (AvgIpc) is 3.53. The maximum atomic E-state index is 9.80. The third kappa shape index (κ3) is 3.50. The first-order valence-electron chi connectivity index (χ1n) is 11.2. The Morgan fingerprint density at radius 2 is 1.97 bits per heavy atom. The molecule has 1 fully saturated rings. The van der Waals surface area contributed by atoms with Crippen molar-refractivity contribution in [2.24, 2.45) is 0 Å². The van der Waals surface area contributed by atoms with E-state index in [0.717, 1.165) is 50.7 Å². The number of aryl methyl sites for hydroxylation is 1. The van der Waals surface area contributed by atoms with Crippen LogP contribution in [0.5, 0.6) is 0 Å². The van der Waals surface area contributed by atoms with E-state index in [0.29, 0.717) is 30.2 Å². The van der Waals surface area contributed by atoms with Crippen LogP contribution >= 0.6 is 0 Å². The molecule has 0 saturated carbocycles. The summed E-state index contributed by atoms with van der Waals surface area (Å²) in [5, 5.41) is 15.3. The Kier molecular flexibility index (Phi) is 5.02. The van der Waals surface area contributed by atoms with Gasteiger partial charge in [0.25, 0.3) is 0 Å². The van der Waals surface area contributed by atoms with E-state index < -0.39 is 0 Å². The van der Waals surface area contributed by atoms with Gasteiger partial charge in [0.1, 0.15) is 17.4 Å². The van der Waals surface area contributed by atoms with E-state index in [-0.39, 0.29) is 6.29 Å². The zero-order chi connectivity index (χ0) is 23.1. The van der Waals surface area contributed by atoms with Crippen molar-refractivity contribution >= 4 is 33.2 Å². The first-order chi connectivity index (χ1) is 16.7. The van der Waals surface area contributed by atoms with Crippen molar-refractivity contribution in [1.29, 1.82) is 5.26 Å². The van der Waals surface area contributed by atoms with E-state index in [4.69, 9.17) is 13.9 Å². The number of nitrogens with one attached hydrogen (secondary N) is 2. The molecule has 1 aliphatic heterocycles. The molecule has 7 heteroatoms. The van der Waals surface area contributed by atoms with Gasteiger partial charge in [-0.1, -0.05) is 6.07 Å². The van der Waals surface area contributed by atoms with E-state index in [1.807, 2.05) is 48.7 Å². The minimum absolute atomic E-state index is 0.358. The van der Waals surface area contributed by atoms with Crippen LogP contribution in [0.3, 0.4) is 0 Å². The number of nitrogens with zero attached hydrogens (tertiary/aromatic N) is 2. The van der Waals surface area contributed by atoms with Crippen molar-refractivity contribution in [2.45, 2.75) is 19.6 Å². The number of anilines is 2. The van der Waals surface area contributed by atoms with Gasteiger partial charge in [-0.2, -0.15) is 5.26 Å². The fourth-order valence-electron chi connectivity index (χ4n) is 4.44. The molecule has 2 N–H and O–H groups in total. The first kappa shape index (κ1) is 20.5. The van der Waals surface area contributed by atoms with Crippen LogP contribution in [0.1, 0.15) is 29.4 Å². The SMILES string of the molecule is Cc1c(Nc2c(C#N)cncc2-c2cc3cc(C4OCCCO4)ccc3o2)ccc2[nH]ccc12. The van der Waals surface area contributed by atoms with Crippen molar-refractivity contribution in [1.82, 2.24) is 9.97 Å². The first-order valence-corrected chi connectivity index (χ1v) is 11.2. The number of furan rings is 1. The third-order valence-electron chi connectivity index (χ3n) is 6.23. The van der Waals surface area contributed by atoms with Crippen LogP contribution in [-0.2, 0) is 9.47 Å². The van der Waals surface area contributed by atoms with Crippen LogP contribution in [-0.4, -0.2) is 23.2 Å². The quantitative estimate of drug-likeness (QED) is 0.332. The van der Waals surface area contributed by atoms with Gasteiger partial charge in [0.05, 0.1) is 30.0 Å². The van der Waals surface area contributed by atoms with Crippen molar-refractivity contribution < 1.29 is 13.9 Å². The topological polar surface area (TPSA) is 96.1 Å². The number of nitriles is 1. The van der Waals surface area contributed by atoms with Crippen LogP contribution in [0.2, 0.25) is 0 Å². The molecule has 3 aromatic heterocycles. The molecule has 5 aromatic rings. The molecule has 168 valence electrons. The van der Waals surface area contributed by atoms with Crippen molar-refractivity contribution in [3.63, 3.8) is 0 Å². The van der Waals surface area contributed by atoms with E-state index >= 15 is 0 Å². The van der Waals surface area contributed by atoms with Gasteiger partial charge in [0.15, 0.2) is 6.29 Å². The lowest BCUT2D eigenvalue weighted by atomic mass is 10.1. The molecule has 1 aliphatic rings. The molecule has 0 bridgehead atoms. The summed E-state index contributed by atoms with van der Waals surface area (Å²) < 4.78 is 17.7. The molecule has 0 aliphatic carbocycles. The molecule has 0 spiro atoms. The second-order valence-corrected chi connectivity index (χ2v) is 8.36. The fourth-order valence-corrected chi connectivity index (χ4v) is 4.44. The lowest BCUT2D eigenvalue weighted by Gasteiger charge is -2.23. The molecule has 34 heavy (non-hydrogen) atoms. The van der Waals surface area contributed by atoms with Crippen LogP contribution in [0.25, 0.3) is 33.2 Å². The zero-order valence-electron chi connectivity index (χ0n) is 18.6. The number of fused-ring (bicyclic) bond motifs is 2. The molecule has 0 radical (unpaired) electrons. The number of H-pyrrole nitrogens is 1. The summed E-state index contributed by atoms with van der Waals surface area (Å²) >= 11 is 0. The van der Waals surface area contributed by atoms with Crippen molar-refractivity contribution in [3.8, 4) is 17.4 Å². The van der Waals surface area contributed by atoms with Crippen molar-refractivity contribution in [2.75, 3.05) is 18.5 Å². The predicted molar refractivity (Wildman–Crippen MR) is 130 cm³/mol. The Hall–Kier alpha value is -4.12. The van der Waals surface area contributed by atoms with E-state index in [1.165, 1.54) is 0 Å². The molecule has 4 heterocycles. The Labute approximate surface area is 195 Å². The molecule has 6 rings (SSSR count). The maximum absolute atomic E-state index is 9.80. The Morgan fingerprint density at radius 1 is 1.09 bits per heavy atom. The minimum atomic E-state index is -0.358. The van der Waals surface area contributed by atoms with Gasteiger partial charge < -0.3 is 24.2 Å². The zero-order valence-corrected chi connectivity index (χ0v) is 18.6. The van der Waals surface area contributed by atoms with Crippen LogP contribution in [0, 0.1) is 18.3 Å². The molecule has 1 saturated heterocycles. The second-order valence-electron chi connectivity index (χ2n) is 8.36. The van der Waals surface area contributed by atoms with Crippen LogP contribution in [0.15, 0.2) is 65.5 Å². The molecule has 0 unspecified atom stereocenters. The Bertz CT molecular complexity index is 1550. The van der Waals surface area contributed by atoms with E-state index in [1.54, 1.807) is 12.4 Å².